The molecule has 1 aliphatic heterocycles. The quantitative estimate of drug-likeness (QED) is 0.946. The highest BCUT2D eigenvalue weighted by Crippen LogP contribution is 2.29. The van der Waals surface area contributed by atoms with Crippen LogP contribution in [0.25, 0.3) is 5.69 Å². The molecule has 0 atom stereocenters. The van der Waals surface area contributed by atoms with E-state index in [2.05, 4.69) is 25.8 Å². The van der Waals surface area contributed by atoms with Gasteiger partial charge in [-0.2, -0.15) is 5.10 Å². The molecule has 0 spiro atoms. The van der Waals surface area contributed by atoms with Crippen LogP contribution in [0.2, 0.25) is 0 Å². The molecule has 22 heavy (non-hydrogen) atoms. The van der Waals surface area contributed by atoms with Gasteiger partial charge in [0, 0.05) is 25.1 Å². The minimum Gasteiger partial charge on any atom is -0.478 e. The third kappa shape index (κ3) is 2.52. The number of likely N-dealkylation sites (N-methyl/N-ethyl adjacent to an activating group) is 1. The fourth-order valence-electron chi connectivity index (χ4n) is 3.00. The van der Waals surface area contributed by atoms with Gasteiger partial charge in [0.15, 0.2) is 0 Å². The SMILES string of the molecule is CC(C)c1nn(-c2ccc(C(=O)O)cc2)c2c1CN(C)CC2. The first-order chi connectivity index (χ1) is 10.5. The molecule has 1 aromatic carbocycles. The molecule has 2 heterocycles. The zero-order valence-corrected chi connectivity index (χ0v) is 13.2. The maximum absolute atomic E-state index is 11.0. The van der Waals surface area contributed by atoms with E-state index in [1.807, 2.05) is 16.8 Å². The third-order valence-corrected chi connectivity index (χ3v) is 4.18. The van der Waals surface area contributed by atoms with Crippen LogP contribution in [0.4, 0.5) is 0 Å². The van der Waals surface area contributed by atoms with Gasteiger partial charge in [-0.1, -0.05) is 13.8 Å². The van der Waals surface area contributed by atoms with Gasteiger partial charge in [-0.15, -0.1) is 0 Å². The molecule has 0 amide bonds. The smallest absolute Gasteiger partial charge is 0.335 e. The number of aromatic carboxylic acids is 1. The molecule has 0 aliphatic carbocycles. The summed E-state index contributed by atoms with van der Waals surface area (Å²) in [5, 5.41) is 13.8. The molecule has 2 aromatic rings. The number of carboxylic acids is 1. The Morgan fingerprint density at radius 2 is 1.95 bits per heavy atom. The normalized spacial score (nSPS) is 15.1. The average molecular weight is 299 g/mol. The van der Waals surface area contributed by atoms with Crippen LogP contribution in [0.15, 0.2) is 24.3 Å². The molecule has 1 aliphatic rings. The summed E-state index contributed by atoms with van der Waals surface area (Å²) in [4.78, 5) is 13.3. The maximum Gasteiger partial charge on any atom is 0.335 e. The van der Waals surface area contributed by atoms with Crippen LogP contribution in [0.1, 0.15) is 47.1 Å². The summed E-state index contributed by atoms with van der Waals surface area (Å²) >= 11 is 0. The van der Waals surface area contributed by atoms with Crippen molar-refractivity contribution in [2.45, 2.75) is 32.7 Å². The van der Waals surface area contributed by atoms with Gasteiger partial charge in [-0.3, -0.25) is 0 Å². The van der Waals surface area contributed by atoms with E-state index in [1.165, 1.54) is 11.3 Å². The minimum absolute atomic E-state index is 0.300. The summed E-state index contributed by atoms with van der Waals surface area (Å²) < 4.78 is 1.99. The number of rotatable bonds is 3. The van der Waals surface area contributed by atoms with Crippen molar-refractivity contribution in [1.29, 1.82) is 0 Å². The molecule has 5 heteroatoms. The van der Waals surface area contributed by atoms with E-state index in [0.29, 0.717) is 11.5 Å². The highest BCUT2D eigenvalue weighted by Gasteiger charge is 2.25. The Morgan fingerprint density at radius 1 is 1.27 bits per heavy atom. The van der Waals surface area contributed by atoms with Crippen LogP contribution in [-0.2, 0) is 13.0 Å². The first kappa shape index (κ1) is 14.8. The van der Waals surface area contributed by atoms with Gasteiger partial charge in [-0.05, 0) is 37.2 Å². The van der Waals surface area contributed by atoms with Crippen molar-refractivity contribution in [3.8, 4) is 5.69 Å². The van der Waals surface area contributed by atoms with E-state index < -0.39 is 5.97 Å². The molecule has 0 radical (unpaired) electrons. The molecule has 0 fully saturated rings. The van der Waals surface area contributed by atoms with E-state index in [9.17, 15) is 4.79 Å². The fraction of sp³-hybridized carbons (Fsp3) is 0.412. The first-order valence-corrected chi connectivity index (χ1v) is 7.60. The fourth-order valence-corrected chi connectivity index (χ4v) is 3.00. The molecule has 0 saturated carbocycles. The van der Waals surface area contributed by atoms with Crippen LogP contribution in [0, 0.1) is 0 Å². The second-order valence-corrected chi connectivity index (χ2v) is 6.22. The molecule has 3 rings (SSSR count). The van der Waals surface area contributed by atoms with Gasteiger partial charge in [-0.25, -0.2) is 9.48 Å². The third-order valence-electron chi connectivity index (χ3n) is 4.18. The Kier molecular flexibility index (Phi) is 3.74. The Bertz CT molecular complexity index is 701. The van der Waals surface area contributed by atoms with Gasteiger partial charge in [0.2, 0.25) is 0 Å². The Labute approximate surface area is 130 Å². The number of hydrogen-bond donors (Lipinski definition) is 1. The summed E-state index contributed by atoms with van der Waals surface area (Å²) in [6.45, 7) is 6.27. The maximum atomic E-state index is 11.0. The van der Waals surface area contributed by atoms with Crippen molar-refractivity contribution in [2.24, 2.45) is 0 Å². The number of carboxylic acid groups (broad SMARTS) is 1. The molecule has 0 unspecified atom stereocenters. The van der Waals surface area contributed by atoms with Gasteiger partial charge in [0.25, 0.3) is 0 Å². The van der Waals surface area contributed by atoms with Crippen LogP contribution in [0.5, 0.6) is 0 Å². The lowest BCUT2D eigenvalue weighted by Crippen LogP contribution is -2.27. The number of aromatic nitrogens is 2. The second-order valence-electron chi connectivity index (χ2n) is 6.22. The molecule has 0 saturated heterocycles. The summed E-state index contributed by atoms with van der Waals surface area (Å²) in [5.41, 5.74) is 4.95. The van der Waals surface area contributed by atoms with Crippen LogP contribution in [0.3, 0.4) is 0 Å². The Hall–Kier alpha value is -2.14. The Balaban J connectivity index is 2.07. The van der Waals surface area contributed by atoms with Crippen molar-refractivity contribution >= 4 is 5.97 Å². The van der Waals surface area contributed by atoms with Crippen molar-refractivity contribution < 1.29 is 9.90 Å². The van der Waals surface area contributed by atoms with Crippen molar-refractivity contribution in [1.82, 2.24) is 14.7 Å². The van der Waals surface area contributed by atoms with E-state index in [-0.39, 0.29) is 0 Å². The standard InChI is InChI=1S/C17H21N3O2/c1-11(2)16-14-10-19(3)9-8-15(14)20(18-16)13-6-4-12(5-7-13)17(21)22/h4-7,11H,8-10H2,1-3H3,(H,21,22). The largest absolute Gasteiger partial charge is 0.478 e. The van der Waals surface area contributed by atoms with Crippen LogP contribution < -0.4 is 0 Å². The first-order valence-electron chi connectivity index (χ1n) is 7.60. The highest BCUT2D eigenvalue weighted by atomic mass is 16.4. The number of nitrogens with zero attached hydrogens (tertiary/aromatic N) is 3. The van der Waals surface area contributed by atoms with E-state index >= 15 is 0 Å². The van der Waals surface area contributed by atoms with Crippen LogP contribution in [-0.4, -0.2) is 39.3 Å². The molecular formula is C17H21N3O2. The second kappa shape index (κ2) is 5.57. The van der Waals surface area contributed by atoms with E-state index in [4.69, 9.17) is 10.2 Å². The summed E-state index contributed by atoms with van der Waals surface area (Å²) in [7, 11) is 2.13. The van der Waals surface area contributed by atoms with Crippen molar-refractivity contribution in [3.05, 3.63) is 46.8 Å². The molecule has 1 N–H and O–H groups in total. The number of hydrogen-bond acceptors (Lipinski definition) is 3. The summed E-state index contributed by atoms with van der Waals surface area (Å²) in [6, 6.07) is 6.93. The van der Waals surface area contributed by atoms with Crippen molar-refractivity contribution in [2.75, 3.05) is 13.6 Å². The zero-order chi connectivity index (χ0) is 15.9. The predicted molar refractivity (Wildman–Crippen MR) is 84.7 cm³/mol. The van der Waals surface area contributed by atoms with Gasteiger partial charge < -0.3 is 10.0 Å². The van der Waals surface area contributed by atoms with Gasteiger partial charge in [0.05, 0.1) is 22.6 Å². The Morgan fingerprint density at radius 3 is 2.55 bits per heavy atom. The minimum atomic E-state index is -0.904. The summed E-state index contributed by atoms with van der Waals surface area (Å²) in [6.07, 6.45) is 0.965. The molecule has 1 aromatic heterocycles. The molecular weight excluding hydrogens is 278 g/mol. The molecule has 5 nitrogen and oxygen atoms in total. The molecule has 116 valence electrons. The number of benzene rings is 1. The topological polar surface area (TPSA) is 58.4 Å². The van der Waals surface area contributed by atoms with Crippen molar-refractivity contribution in [3.63, 3.8) is 0 Å². The summed E-state index contributed by atoms with van der Waals surface area (Å²) in [5.74, 6) is -0.529. The monoisotopic (exact) mass is 299 g/mol. The number of carbonyl (C=O) groups is 1. The average Bonchev–Trinajstić information content (AvgIpc) is 2.86. The molecule has 0 bridgehead atoms. The van der Waals surface area contributed by atoms with E-state index in [0.717, 1.165) is 30.9 Å². The van der Waals surface area contributed by atoms with Gasteiger partial charge in [0.1, 0.15) is 0 Å². The lowest BCUT2D eigenvalue weighted by molar-refractivity contribution is 0.0697. The number of fused-ring (bicyclic) bond motifs is 1. The lowest BCUT2D eigenvalue weighted by atomic mass is 9.99. The van der Waals surface area contributed by atoms with Crippen LogP contribution >= 0.6 is 0 Å². The predicted octanol–water partition coefficient (Wildman–Crippen LogP) is 2.68. The van der Waals surface area contributed by atoms with Gasteiger partial charge >= 0.3 is 5.97 Å². The highest BCUT2D eigenvalue weighted by molar-refractivity contribution is 5.87. The van der Waals surface area contributed by atoms with E-state index in [1.54, 1.807) is 12.1 Å². The zero-order valence-electron chi connectivity index (χ0n) is 13.2. The lowest BCUT2D eigenvalue weighted by Gasteiger charge is -2.24.